The molecule has 1 aromatic carbocycles. The van der Waals surface area contributed by atoms with Crippen LogP contribution in [0.1, 0.15) is 30.4 Å². The Morgan fingerprint density at radius 3 is 2.48 bits per heavy atom. The van der Waals surface area contributed by atoms with Crippen LogP contribution >= 0.6 is 0 Å². The van der Waals surface area contributed by atoms with Crippen LogP contribution in [0.15, 0.2) is 63.7 Å². The van der Waals surface area contributed by atoms with Crippen LogP contribution in [0.4, 0.5) is 14.8 Å². The third kappa shape index (κ3) is 4.39. The maximum atomic E-state index is 13.3. The number of halogens is 2. The molecule has 2 unspecified atom stereocenters. The standard InChI is InChI=1S/C19H19F2N3O2S/c1-13(15-9-10-17(22-11-15)19(2,20)21)27(3,25)24-18-23-16(12-26-18)14-7-5-4-6-8-14/h4-13H,1-3H3. The van der Waals surface area contributed by atoms with Crippen molar-refractivity contribution >= 4 is 15.7 Å². The zero-order chi connectivity index (χ0) is 19.7. The van der Waals surface area contributed by atoms with Crippen molar-refractivity contribution in [3.05, 3.63) is 66.2 Å². The molecule has 0 saturated heterocycles. The van der Waals surface area contributed by atoms with Crippen LogP contribution in [-0.2, 0) is 15.7 Å². The van der Waals surface area contributed by atoms with Crippen LogP contribution in [0.25, 0.3) is 11.3 Å². The lowest BCUT2D eigenvalue weighted by atomic mass is 10.1. The fourth-order valence-electron chi connectivity index (χ4n) is 2.44. The number of benzene rings is 1. The van der Waals surface area contributed by atoms with E-state index in [-0.39, 0.29) is 11.7 Å². The summed E-state index contributed by atoms with van der Waals surface area (Å²) < 4.78 is 49.1. The highest BCUT2D eigenvalue weighted by atomic mass is 32.2. The lowest BCUT2D eigenvalue weighted by molar-refractivity contribution is 0.0127. The van der Waals surface area contributed by atoms with Crippen molar-refractivity contribution in [3.8, 4) is 11.3 Å². The first kappa shape index (κ1) is 19.2. The van der Waals surface area contributed by atoms with Gasteiger partial charge in [0.05, 0.1) is 15.0 Å². The van der Waals surface area contributed by atoms with Gasteiger partial charge in [-0.05, 0) is 18.6 Å². The lowest BCUT2D eigenvalue weighted by Gasteiger charge is -2.15. The highest BCUT2D eigenvalue weighted by Crippen LogP contribution is 2.30. The van der Waals surface area contributed by atoms with Gasteiger partial charge in [-0.1, -0.05) is 36.4 Å². The van der Waals surface area contributed by atoms with Gasteiger partial charge >= 0.3 is 6.01 Å². The van der Waals surface area contributed by atoms with Gasteiger partial charge in [-0.2, -0.15) is 13.8 Å². The van der Waals surface area contributed by atoms with E-state index in [9.17, 15) is 13.0 Å². The summed E-state index contributed by atoms with van der Waals surface area (Å²) in [5.41, 5.74) is 1.67. The smallest absolute Gasteiger partial charge is 0.330 e. The van der Waals surface area contributed by atoms with E-state index in [0.29, 0.717) is 11.3 Å². The molecule has 0 aliphatic rings. The van der Waals surface area contributed by atoms with Crippen LogP contribution in [0.2, 0.25) is 0 Å². The SMILES string of the molecule is CC(c1ccc(C(C)(F)F)nc1)S(C)(=O)=Nc1nc(-c2ccccc2)co1. The van der Waals surface area contributed by atoms with Gasteiger partial charge in [0.2, 0.25) is 0 Å². The van der Waals surface area contributed by atoms with E-state index in [4.69, 9.17) is 4.42 Å². The van der Waals surface area contributed by atoms with Gasteiger partial charge in [0, 0.05) is 24.9 Å². The Bertz CT molecular complexity index is 1030. The first-order valence-electron chi connectivity index (χ1n) is 8.23. The van der Waals surface area contributed by atoms with Crippen molar-refractivity contribution < 1.29 is 17.4 Å². The summed E-state index contributed by atoms with van der Waals surface area (Å²) in [5.74, 6) is -3.02. The molecule has 3 rings (SSSR count). The molecule has 27 heavy (non-hydrogen) atoms. The Kier molecular flexibility index (Phi) is 5.10. The molecule has 0 bridgehead atoms. The number of oxazole rings is 1. The van der Waals surface area contributed by atoms with E-state index in [1.807, 2.05) is 30.3 Å². The maximum absolute atomic E-state index is 13.3. The highest BCUT2D eigenvalue weighted by molar-refractivity contribution is 7.93. The molecule has 142 valence electrons. The third-order valence-electron chi connectivity index (χ3n) is 4.18. The number of alkyl halides is 2. The quantitative estimate of drug-likeness (QED) is 0.589. The minimum Gasteiger partial charge on any atom is -0.429 e. The van der Waals surface area contributed by atoms with Gasteiger partial charge in [-0.15, -0.1) is 4.36 Å². The highest BCUT2D eigenvalue weighted by Gasteiger charge is 2.26. The summed E-state index contributed by atoms with van der Waals surface area (Å²) in [4.78, 5) is 8.04. The summed E-state index contributed by atoms with van der Waals surface area (Å²) in [6, 6.07) is 12.1. The molecule has 3 aromatic rings. The van der Waals surface area contributed by atoms with Crippen molar-refractivity contribution in [3.63, 3.8) is 0 Å². The van der Waals surface area contributed by atoms with Crippen LogP contribution in [-0.4, -0.2) is 20.4 Å². The van der Waals surface area contributed by atoms with Crippen molar-refractivity contribution in [2.24, 2.45) is 4.36 Å². The van der Waals surface area contributed by atoms with E-state index >= 15 is 0 Å². The molecule has 2 heterocycles. The van der Waals surface area contributed by atoms with Crippen molar-refractivity contribution in [1.29, 1.82) is 0 Å². The van der Waals surface area contributed by atoms with E-state index < -0.39 is 20.9 Å². The third-order valence-corrected chi connectivity index (χ3v) is 6.29. The van der Waals surface area contributed by atoms with Crippen molar-refractivity contribution in [2.75, 3.05) is 6.26 Å². The summed E-state index contributed by atoms with van der Waals surface area (Å²) in [6.45, 7) is 2.48. The Balaban J connectivity index is 1.87. The monoisotopic (exact) mass is 391 g/mol. The molecule has 5 nitrogen and oxygen atoms in total. The predicted molar refractivity (Wildman–Crippen MR) is 100 cm³/mol. The van der Waals surface area contributed by atoms with Gasteiger partial charge in [0.25, 0.3) is 5.92 Å². The lowest BCUT2D eigenvalue weighted by Crippen LogP contribution is -2.12. The first-order chi connectivity index (χ1) is 12.7. The molecule has 0 spiro atoms. The molecular formula is C19H19F2N3O2S. The fourth-order valence-corrected chi connectivity index (χ4v) is 3.64. The predicted octanol–water partition coefficient (Wildman–Crippen LogP) is 5.34. The zero-order valence-corrected chi connectivity index (χ0v) is 15.9. The van der Waals surface area contributed by atoms with E-state index in [0.717, 1.165) is 12.5 Å². The molecule has 0 N–H and O–H groups in total. The number of aromatic nitrogens is 2. The van der Waals surface area contributed by atoms with Gasteiger partial charge in [0.15, 0.2) is 0 Å². The summed E-state index contributed by atoms with van der Waals surface area (Å²) in [5, 5.41) is -0.545. The normalized spacial score (nSPS) is 15.1. The average molecular weight is 391 g/mol. The topological polar surface area (TPSA) is 68.3 Å². The second kappa shape index (κ2) is 7.19. The maximum Gasteiger partial charge on any atom is 0.330 e. The van der Waals surface area contributed by atoms with Gasteiger partial charge in [0.1, 0.15) is 17.7 Å². The first-order valence-corrected chi connectivity index (χ1v) is 10.2. The Morgan fingerprint density at radius 2 is 1.89 bits per heavy atom. The van der Waals surface area contributed by atoms with Gasteiger partial charge < -0.3 is 4.42 Å². The van der Waals surface area contributed by atoms with E-state index in [1.165, 1.54) is 30.8 Å². The molecule has 0 aliphatic carbocycles. The van der Waals surface area contributed by atoms with Crippen molar-refractivity contribution in [2.45, 2.75) is 25.0 Å². The molecule has 0 saturated carbocycles. The van der Waals surface area contributed by atoms with E-state index in [1.54, 1.807) is 6.92 Å². The largest absolute Gasteiger partial charge is 0.429 e. The minimum atomic E-state index is -3.02. The fraction of sp³-hybridized carbons (Fsp3) is 0.263. The van der Waals surface area contributed by atoms with Crippen LogP contribution in [0.5, 0.6) is 0 Å². The van der Waals surface area contributed by atoms with Crippen LogP contribution < -0.4 is 0 Å². The Morgan fingerprint density at radius 1 is 1.19 bits per heavy atom. The van der Waals surface area contributed by atoms with Crippen LogP contribution in [0, 0.1) is 0 Å². The molecule has 0 fully saturated rings. The number of nitrogens with zero attached hydrogens (tertiary/aromatic N) is 3. The number of rotatable bonds is 5. The molecule has 0 amide bonds. The van der Waals surface area contributed by atoms with Gasteiger partial charge in [-0.25, -0.2) is 4.21 Å². The molecular weight excluding hydrogens is 372 g/mol. The minimum absolute atomic E-state index is 0.0119. The molecule has 0 aliphatic heterocycles. The second-order valence-corrected chi connectivity index (χ2v) is 8.95. The summed E-state index contributed by atoms with van der Waals surface area (Å²) in [7, 11) is -2.79. The van der Waals surface area contributed by atoms with Crippen molar-refractivity contribution in [1.82, 2.24) is 9.97 Å². The molecule has 2 atom stereocenters. The number of hydrogen-bond donors (Lipinski definition) is 0. The Labute approximate surface area is 156 Å². The number of hydrogen-bond acceptors (Lipinski definition) is 5. The zero-order valence-electron chi connectivity index (χ0n) is 15.1. The summed E-state index contributed by atoms with van der Waals surface area (Å²) >= 11 is 0. The second-order valence-electron chi connectivity index (χ2n) is 6.34. The van der Waals surface area contributed by atoms with Gasteiger partial charge in [-0.3, -0.25) is 4.98 Å². The summed E-state index contributed by atoms with van der Waals surface area (Å²) in [6.07, 6.45) is 4.24. The molecule has 8 heteroatoms. The van der Waals surface area contributed by atoms with E-state index in [2.05, 4.69) is 14.3 Å². The molecule has 2 aromatic heterocycles. The average Bonchev–Trinajstić information content (AvgIpc) is 3.09. The number of pyridine rings is 1. The molecule has 0 radical (unpaired) electrons. The van der Waals surface area contributed by atoms with Crippen LogP contribution in [0.3, 0.4) is 0 Å². The Hall–Kier alpha value is -2.61.